The Labute approximate surface area is 124 Å². The maximum absolute atomic E-state index is 5.54. The molecule has 0 spiro atoms. The molecule has 0 aliphatic carbocycles. The van der Waals surface area contributed by atoms with Crippen LogP contribution in [0.15, 0.2) is 12.2 Å². The molecule has 1 atom stereocenters. The molecule has 0 fully saturated rings. The fourth-order valence-corrected chi connectivity index (χ4v) is 2.48. The van der Waals surface area contributed by atoms with Crippen molar-refractivity contribution in [2.24, 2.45) is 11.7 Å². The van der Waals surface area contributed by atoms with Crippen LogP contribution in [0.4, 0.5) is 0 Å². The lowest BCUT2D eigenvalue weighted by molar-refractivity contribution is -0.372. The Kier molecular flexibility index (Phi) is 12.1. The number of methoxy groups -OCH3 is 3. The molecule has 0 saturated heterocycles. The predicted molar refractivity (Wildman–Crippen MR) is 83.4 cm³/mol. The largest absolute Gasteiger partial charge is 0.330 e. The third kappa shape index (κ3) is 6.84. The first-order chi connectivity index (χ1) is 9.70. The van der Waals surface area contributed by atoms with Gasteiger partial charge in [0.1, 0.15) is 0 Å². The second-order valence-corrected chi connectivity index (χ2v) is 5.04. The number of nitrogens with two attached hydrogens (primary N) is 1. The first kappa shape index (κ1) is 19.6. The summed E-state index contributed by atoms with van der Waals surface area (Å²) >= 11 is 0. The highest BCUT2D eigenvalue weighted by molar-refractivity contribution is 4.93. The van der Waals surface area contributed by atoms with E-state index in [1.54, 1.807) is 21.3 Å². The van der Waals surface area contributed by atoms with Gasteiger partial charge in [0.2, 0.25) is 0 Å². The summed E-state index contributed by atoms with van der Waals surface area (Å²) in [7, 11) is 4.83. The van der Waals surface area contributed by atoms with E-state index in [0.29, 0.717) is 6.54 Å². The van der Waals surface area contributed by atoms with Crippen LogP contribution < -0.4 is 5.73 Å². The standard InChI is InChI=1S/C16H33NO3/c1-5-6-7-8-9-10-12-15(13-11-14-17)16(18-2,19-3)20-4/h11,13,15H,5-10,12,14,17H2,1-4H3. The Hall–Kier alpha value is -0.420. The summed E-state index contributed by atoms with van der Waals surface area (Å²) in [6, 6.07) is 0. The molecule has 4 nitrogen and oxygen atoms in total. The first-order valence-corrected chi connectivity index (χ1v) is 7.72. The Morgan fingerprint density at radius 2 is 1.50 bits per heavy atom. The minimum Gasteiger partial charge on any atom is -0.330 e. The normalized spacial score (nSPS) is 14.1. The summed E-state index contributed by atoms with van der Waals surface area (Å²) in [4.78, 5) is 0. The minimum atomic E-state index is -1.00. The lowest BCUT2D eigenvalue weighted by Crippen LogP contribution is -2.43. The molecule has 1 unspecified atom stereocenters. The van der Waals surface area contributed by atoms with Crippen molar-refractivity contribution in [1.29, 1.82) is 0 Å². The van der Waals surface area contributed by atoms with Crippen LogP contribution in [0.1, 0.15) is 51.9 Å². The van der Waals surface area contributed by atoms with E-state index in [2.05, 4.69) is 6.92 Å². The molecule has 20 heavy (non-hydrogen) atoms. The van der Waals surface area contributed by atoms with Gasteiger partial charge in [-0.05, 0) is 6.42 Å². The van der Waals surface area contributed by atoms with Gasteiger partial charge in [-0.15, -0.1) is 0 Å². The van der Waals surface area contributed by atoms with E-state index in [1.165, 1.54) is 32.1 Å². The average molecular weight is 287 g/mol. The van der Waals surface area contributed by atoms with Crippen LogP contribution in [-0.4, -0.2) is 33.8 Å². The monoisotopic (exact) mass is 287 g/mol. The molecule has 120 valence electrons. The lowest BCUT2D eigenvalue weighted by Gasteiger charge is -2.35. The van der Waals surface area contributed by atoms with E-state index in [1.807, 2.05) is 12.2 Å². The average Bonchev–Trinajstić information content (AvgIpc) is 2.49. The highest BCUT2D eigenvalue weighted by atomic mass is 16.9. The zero-order valence-corrected chi connectivity index (χ0v) is 13.7. The maximum Gasteiger partial charge on any atom is 0.288 e. The third-order valence-electron chi connectivity index (χ3n) is 3.68. The molecule has 0 heterocycles. The van der Waals surface area contributed by atoms with E-state index in [-0.39, 0.29) is 5.92 Å². The molecule has 4 heteroatoms. The van der Waals surface area contributed by atoms with E-state index in [0.717, 1.165) is 12.8 Å². The van der Waals surface area contributed by atoms with Crippen molar-refractivity contribution in [3.63, 3.8) is 0 Å². The summed E-state index contributed by atoms with van der Waals surface area (Å²) in [6.07, 6.45) is 12.6. The van der Waals surface area contributed by atoms with Crippen LogP contribution in [0.5, 0.6) is 0 Å². The summed E-state index contributed by atoms with van der Waals surface area (Å²) in [5.74, 6) is -0.952. The van der Waals surface area contributed by atoms with Gasteiger partial charge in [-0.2, -0.15) is 0 Å². The number of unbranched alkanes of at least 4 members (excludes halogenated alkanes) is 5. The van der Waals surface area contributed by atoms with E-state index in [9.17, 15) is 0 Å². The smallest absolute Gasteiger partial charge is 0.288 e. The van der Waals surface area contributed by atoms with Crippen molar-refractivity contribution < 1.29 is 14.2 Å². The summed E-state index contributed by atoms with van der Waals surface area (Å²) in [6.45, 7) is 2.75. The Bertz CT molecular complexity index is 232. The van der Waals surface area contributed by atoms with Gasteiger partial charge in [-0.1, -0.05) is 57.6 Å². The molecule has 0 aromatic carbocycles. The molecule has 0 rings (SSSR count). The zero-order valence-electron chi connectivity index (χ0n) is 13.7. The molecule has 0 saturated carbocycles. The number of rotatable bonds is 13. The van der Waals surface area contributed by atoms with Gasteiger partial charge in [-0.25, -0.2) is 0 Å². The highest BCUT2D eigenvalue weighted by Crippen LogP contribution is 2.29. The van der Waals surface area contributed by atoms with Gasteiger partial charge in [0.05, 0.1) is 5.92 Å². The van der Waals surface area contributed by atoms with Crippen molar-refractivity contribution in [2.75, 3.05) is 27.9 Å². The van der Waals surface area contributed by atoms with Crippen LogP contribution in [-0.2, 0) is 14.2 Å². The van der Waals surface area contributed by atoms with Crippen molar-refractivity contribution in [1.82, 2.24) is 0 Å². The van der Waals surface area contributed by atoms with Crippen LogP contribution >= 0.6 is 0 Å². The Balaban J connectivity index is 4.37. The maximum atomic E-state index is 5.54. The van der Waals surface area contributed by atoms with Crippen molar-refractivity contribution in [3.05, 3.63) is 12.2 Å². The van der Waals surface area contributed by atoms with Crippen molar-refractivity contribution >= 4 is 0 Å². The molecule has 0 aliphatic rings. The van der Waals surface area contributed by atoms with E-state index in [4.69, 9.17) is 19.9 Å². The summed E-state index contributed by atoms with van der Waals surface area (Å²) in [5, 5.41) is 0. The Morgan fingerprint density at radius 1 is 0.950 bits per heavy atom. The van der Waals surface area contributed by atoms with Crippen LogP contribution in [0.25, 0.3) is 0 Å². The summed E-state index contributed by atoms with van der Waals surface area (Å²) in [5.41, 5.74) is 5.54. The fraction of sp³-hybridized carbons (Fsp3) is 0.875. The van der Waals surface area contributed by atoms with Gasteiger partial charge in [-0.3, -0.25) is 0 Å². The number of hydrogen-bond acceptors (Lipinski definition) is 4. The molecule has 0 radical (unpaired) electrons. The van der Waals surface area contributed by atoms with E-state index >= 15 is 0 Å². The summed E-state index contributed by atoms with van der Waals surface area (Å²) < 4.78 is 16.4. The lowest BCUT2D eigenvalue weighted by atomic mass is 9.97. The van der Waals surface area contributed by atoms with Gasteiger partial charge >= 0.3 is 0 Å². The predicted octanol–water partition coefficient (Wildman–Crippen LogP) is 3.46. The molecule has 0 aliphatic heterocycles. The molecule has 0 amide bonds. The second kappa shape index (κ2) is 12.3. The molecule has 0 bridgehead atoms. The third-order valence-corrected chi connectivity index (χ3v) is 3.68. The second-order valence-electron chi connectivity index (χ2n) is 5.04. The van der Waals surface area contributed by atoms with Gasteiger partial charge < -0.3 is 19.9 Å². The molecule has 0 aromatic rings. The van der Waals surface area contributed by atoms with Crippen LogP contribution in [0.2, 0.25) is 0 Å². The topological polar surface area (TPSA) is 53.7 Å². The quantitative estimate of drug-likeness (QED) is 0.320. The fourth-order valence-electron chi connectivity index (χ4n) is 2.48. The van der Waals surface area contributed by atoms with E-state index < -0.39 is 5.97 Å². The van der Waals surface area contributed by atoms with Crippen molar-refractivity contribution in [2.45, 2.75) is 57.8 Å². The molecule has 2 N–H and O–H groups in total. The van der Waals surface area contributed by atoms with Crippen LogP contribution in [0.3, 0.4) is 0 Å². The zero-order chi connectivity index (χ0) is 15.3. The Morgan fingerprint density at radius 3 is 2.00 bits per heavy atom. The molecular weight excluding hydrogens is 254 g/mol. The van der Waals surface area contributed by atoms with Gasteiger partial charge in [0, 0.05) is 27.9 Å². The number of hydrogen-bond donors (Lipinski definition) is 1. The minimum absolute atomic E-state index is 0.0530. The number of ether oxygens (including phenoxy) is 3. The molecule has 0 aromatic heterocycles. The highest BCUT2D eigenvalue weighted by Gasteiger charge is 2.37. The van der Waals surface area contributed by atoms with Gasteiger partial charge in [0.25, 0.3) is 5.97 Å². The van der Waals surface area contributed by atoms with Crippen molar-refractivity contribution in [3.8, 4) is 0 Å². The van der Waals surface area contributed by atoms with Gasteiger partial charge in [0.15, 0.2) is 0 Å². The molecular formula is C16H33NO3. The van der Waals surface area contributed by atoms with Crippen LogP contribution in [0, 0.1) is 5.92 Å². The first-order valence-electron chi connectivity index (χ1n) is 7.72. The SMILES string of the molecule is CCCCCCCCC(C=CCN)C(OC)(OC)OC.